The number of nitrogens with one attached hydrogen (secondary N) is 1. The first-order valence-corrected chi connectivity index (χ1v) is 14.9. The van der Waals surface area contributed by atoms with Gasteiger partial charge < -0.3 is 19.7 Å². The monoisotopic (exact) mass is 545 g/mol. The number of hydrogen-bond donors (Lipinski definition) is 1. The third-order valence-electron chi connectivity index (χ3n) is 6.40. The molecule has 2 aromatic carbocycles. The van der Waals surface area contributed by atoms with Crippen LogP contribution in [0.2, 0.25) is 0 Å². The van der Waals surface area contributed by atoms with Crippen molar-refractivity contribution in [1.29, 1.82) is 0 Å². The van der Waals surface area contributed by atoms with E-state index in [0.29, 0.717) is 43.5 Å². The summed E-state index contributed by atoms with van der Waals surface area (Å²) in [5.74, 6) is 0.654. The average molecular weight is 546 g/mol. The molecule has 0 saturated heterocycles. The molecule has 3 rings (SSSR count). The number of sulfonamides is 1. The molecule has 10 heteroatoms. The summed E-state index contributed by atoms with van der Waals surface area (Å²) in [6.45, 7) is 7.56. The number of rotatable bonds is 13. The first-order chi connectivity index (χ1) is 18.1. The Hall–Kier alpha value is -3.27. The Morgan fingerprint density at radius 3 is 2.47 bits per heavy atom. The van der Waals surface area contributed by atoms with Crippen LogP contribution in [0.1, 0.15) is 50.7 Å². The fourth-order valence-corrected chi connectivity index (χ4v) is 5.27. The average Bonchev–Trinajstić information content (AvgIpc) is 2.88. The lowest BCUT2D eigenvalue weighted by Crippen LogP contribution is -2.48. The number of aryl methyl sites for hydroxylation is 1. The number of carbonyl (C=O) groups is 2. The van der Waals surface area contributed by atoms with Crippen molar-refractivity contribution in [3.63, 3.8) is 0 Å². The van der Waals surface area contributed by atoms with E-state index in [2.05, 4.69) is 5.32 Å². The summed E-state index contributed by atoms with van der Waals surface area (Å²) >= 11 is 0. The second-order valence-electron chi connectivity index (χ2n) is 9.60. The van der Waals surface area contributed by atoms with Gasteiger partial charge in [0.1, 0.15) is 19.3 Å². The molecule has 0 radical (unpaired) electrons. The Morgan fingerprint density at radius 2 is 1.79 bits per heavy atom. The summed E-state index contributed by atoms with van der Waals surface area (Å²) in [5, 5.41) is 2.91. The fraction of sp³-hybridized carbons (Fsp3) is 0.500. The van der Waals surface area contributed by atoms with Gasteiger partial charge in [0.25, 0.3) is 0 Å². The molecule has 0 bridgehead atoms. The van der Waals surface area contributed by atoms with Crippen LogP contribution in [0.15, 0.2) is 42.5 Å². The fourth-order valence-electron chi connectivity index (χ4n) is 4.32. The molecular weight excluding hydrogens is 506 g/mol. The highest BCUT2D eigenvalue weighted by molar-refractivity contribution is 7.92. The zero-order valence-electron chi connectivity index (χ0n) is 22.7. The van der Waals surface area contributed by atoms with Crippen molar-refractivity contribution < 1.29 is 27.5 Å². The van der Waals surface area contributed by atoms with Crippen LogP contribution in [0.4, 0.5) is 5.69 Å². The van der Waals surface area contributed by atoms with Crippen molar-refractivity contribution in [2.75, 3.05) is 36.9 Å². The number of carbonyl (C=O) groups excluding carboxylic acids is 2. The Bertz CT molecular complexity index is 1220. The van der Waals surface area contributed by atoms with Crippen LogP contribution in [-0.2, 0) is 26.2 Å². The SMILES string of the molecule is CCCCNC(=O)C(C)N(Cc1cccc(C)c1)C(=O)CCCN(c1ccc2c(c1)OCCO2)S(C)(=O)=O. The van der Waals surface area contributed by atoms with Crippen molar-refractivity contribution in [3.05, 3.63) is 53.6 Å². The molecule has 1 aliphatic heterocycles. The second kappa shape index (κ2) is 13.5. The van der Waals surface area contributed by atoms with Crippen LogP contribution in [0.25, 0.3) is 0 Å². The standard InChI is InChI=1S/C28H39N3O6S/c1-5-6-14-29-28(33)22(3)30(20-23-10-7-9-21(2)18-23)27(32)11-8-15-31(38(4,34)35)24-12-13-25-26(19-24)37-17-16-36-25/h7,9-10,12-13,18-19,22H,5-6,8,11,14-17,20H2,1-4H3,(H,29,33). The Morgan fingerprint density at radius 1 is 1.05 bits per heavy atom. The molecule has 1 unspecified atom stereocenters. The van der Waals surface area contributed by atoms with Crippen LogP contribution in [0.3, 0.4) is 0 Å². The number of anilines is 1. The summed E-state index contributed by atoms with van der Waals surface area (Å²) in [6, 6.07) is 12.2. The first kappa shape index (κ1) is 29.3. The van der Waals surface area contributed by atoms with Gasteiger partial charge in [-0.05, 0) is 44.4 Å². The summed E-state index contributed by atoms with van der Waals surface area (Å²) < 4.78 is 37.6. The van der Waals surface area contributed by atoms with Crippen molar-refractivity contribution in [3.8, 4) is 11.5 Å². The van der Waals surface area contributed by atoms with Gasteiger partial charge in [0.2, 0.25) is 21.8 Å². The molecule has 0 aliphatic carbocycles. The normalized spacial score (nSPS) is 13.5. The summed E-state index contributed by atoms with van der Waals surface area (Å²) in [4.78, 5) is 27.8. The molecule has 9 nitrogen and oxygen atoms in total. The topological polar surface area (TPSA) is 105 Å². The maximum atomic E-state index is 13.4. The van der Waals surface area contributed by atoms with Gasteiger partial charge in [0.15, 0.2) is 11.5 Å². The summed E-state index contributed by atoms with van der Waals surface area (Å²) in [7, 11) is -3.61. The van der Waals surface area contributed by atoms with E-state index in [1.165, 1.54) is 4.31 Å². The first-order valence-electron chi connectivity index (χ1n) is 13.1. The van der Waals surface area contributed by atoms with Gasteiger partial charge >= 0.3 is 0 Å². The number of ether oxygens (including phenoxy) is 2. The van der Waals surface area contributed by atoms with E-state index >= 15 is 0 Å². The molecule has 1 atom stereocenters. The number of nitrogens with zero attached hydrogens (tertiary/aromatic N) is 2. The zero-order chi connectivity index (χ0) is 27.7. The van der Waals surface area contributed by atoms with Crippen molar-refractivity contribution >= 4 is 27.5 Å². The van der Waals surface area contributed by atoms with Gasteiger partial charge in [-0.1, -0.05) is 43.2 Å². The van der Waals surface area contributed by atoms with E-state index in [9.17, 15) is 18.0 Å². The van der Waals surface area contributed by atoms with Crippen LogP contribution in [0.5, 0.6) is 11.5 Å². The van der Waals surface area contributed by atoms with Gasteiger partial charge in [-0.25, -0.2) is 8.42 Å². The smallest absolute Gasteiger partial charge is 0.242 e. The van der Waals surface area contributed by atoms with Gasteiger partial charge in [0.05, 0.1) is 11.9 Å². The van der Waals surface area contributed by atoms with Crippen LogP contribution >= 0.6 is 0 Å². The van der Waals surface area contributed by atoms with Crippen LogP contribution in [0, 0.1) is 6.92 Å². The Balaban J connectivity index is 1.72. The third-order valence-corrected chi connectivity index (χ3v) is 7.59. The van der Waals surface area contributed by atoms with Crippen molar-refractivity contribution in [1.82, 2.24) is 10.2 Å². The highest BCUT2D eigenvalue weighted by atomic mass is 32.2. The maximum Gasteiger partial charge on any atom is 0.242 e. The summed E-state index contributed by atoms with van der Waals surface area (Å²) in [5.41, 5.74) is 2.45. The molecule has 0 fully saturated rings. The lowest BCUT2D eigenvalue weighted by atomic mass is 10.1. The van der Waals surface area contributed by atoms with Gasteiger partial charge in [-0.2, -0.15) is 0 Å². The number of amides is 2. The molecule has 1 aliphatic rings. The minimum absolute atomic E-state index is 0.0922. The molecule has 1 N–H and O–H groups in total. The quantitative estimate of drug-likeness (QED) is 0.385. The lowest BCUT2D eigenvalue weighted by molar-refractivity contribution is -0.140. The van der Waals surface area contributed by atoms with Gasteiger partial charge in [-0.3, -0.25) is 13.9 Å². The van der Waals surface area contributed by atoms with E-state index in [1.54, 1.807) is 30.0 Å². The lowest BCUT2D eigenvalue weighted by Gasteiger charge is -2.29. The molecule has 208 valence electrons. The Labute approximate surface area is 226 Å². The number of fused-ring (bicyclic) bond motifs is 1. The molecule has 0 saturated carbocycles. The maximum absolute atomic E-state index is 13.4. The predicted octanol–water partition coefficient (Wildman–Crippen LogP) is 3.65. The van der Waals surface area contributed by atoms with Gasteiger partial charge in [-0.15, -0.1) is 0 Å². The van der Waals surface area contributed by atoms with Gasteiger partial charge in [0, 0.05) is 32.1 Å². The highest BCUT2D eigenvalue weighted by Crippen LogP contribution is 2.34. The largest absolute Gasteiger partial charge is 0.486 e. The second-order valence-corrected chi connectivity index (χ2v) is 11.5. The number of benzene rings is 2. The van der Waals surface area contributed by atoms with Crippen LogP contribution < -0.4 is 19.1 Å². The number of unbranched alkanes of at least 4 members (excludes halogenated alkanes) is 1. The highest BCUT2D eigenvalue weighted by Gasteiger charge is 2.27. The van der Waals surface area contributed by atoms with Crippen molar-refractivity contribution in [2.45, 2.75) is 59.0 Å². The van der Waals surface area contributed by atoms with Crippen molar-refractivity contribution in [2.24, 2.45) is 0 Å². The van der Waals surface area contributed by atoms with E-state index in [4.69, 9.17) is 9.47 Å². The molecule has 38 heavy (non-hydrogen) atoms. The van der Waals surface area contributed by atoms with E-state index in [1.807, 2.05) is 38.1 Å². The third kappa shape index (κ3) is 8.11. The molecule has 0 spiro atoms. The van der Waals surface area contributed by atoms with Crippen LogP contribution in [-0.4, -0.2) is 63.7 Å². The molecule has 0 aromatic heterocycles. The number of hydrogen-bond acceptors (Lipinski definition) is 6. The minimum atomic E-state index is -3.61. The minimum Gasteiger partial charge on any atom is -0.486 e. The Kier molecular flexibility index (Phi) is 10.4. The molecule has 2 aromatic rings. The van der Waals surface area contributed by atoms with E-state index in [0.717, 1.165) is 30.2 Å². The van der Waals surface area contributed by atoms with E-state index < -0.39 is 16.1 Å². The predicted molar refractivity (Wildman–Crippen MR) is 148 cm³/mol. The zero-order valence-corrected chi connectivity index (χ0v) is 23.6. The molecule has 2 amide bonds. The van der Waals surface area contributed by atoms with E-state index in [-0.39, 0.29) is 31.2 Å². The summed E-state index contributed by atoms with van der Waals surface area (Å²) in [6.07, 6.45) is 3.34. The molecule has 1 heterocycles. The molecular formula is C28H39N3O6S.